The molecule has 14 rings (SSSR count). The maximum atomic E-state index is 6.46. The molecule has 0 bridgehead atoms. The molecule has 0 amide bonds. The zero-order chi connectivity index (χ0) is 41.2. The van der Waals surface area contributed by atoms with Crippen molar-refractivity contribution in [2.45, 2.75) is 49.9 Å². The number of allylic oxidation sites excluding steroid dienone is 4. The molecule has 0 N–H and O–H groups in total. The predicted octanol–water partition coefficient (Wildman–Crippen LogP) is 16.2. The van der Waals surface area contributed by atoms with Crippen LogP contribution in [0.1, 0.15) is 61.1 Å². The van der Waals surface area contributed by atoms with E-state index in [0.29, 0.717) is 5.92 Å². The second-order valence-corrected chi connectivity index (χ2v) is 18.3. The highest BCUT2D eigenvalue weighted by Crippen LogP contribution is 2.61. The number of hydrogen-bond acceptors (Lipinski definition) is 1. The minimum atomic E-state index is 0.0883. The molecule has 3 heterocycles. The largest absolute Gasteiger partial charge is 0.456 e. The van der Waals surface area contributed by atoms with Gasteiger partial charge in [-0.05, 0) is 113 Å². The molecule has 0 aliphatic heterocycles. The number of aromatic nitrogens is 2. The SMILES string of the molecule is C1=C(c2ccc3c4ccccc4n(-c4cccc(-c5ccccc5)c4)c3c2)CC2C(=C1)C1(CCCCC1)c1cc3c4ccccc4n(-c4ccc5c(c4)oc4ccccc45)c3cc12. The lowest BCUT2D eigenvalue weighted by molar-refractivity contribution is 0.342. The van der Waals surface area contributed by atoms with E-state index in [1.165, 1.54) is 109 Å². The monoisotopic (exact) mass is 808 g/mol. The Kier molecular flexibility index (Phi) is 7.45. The Labute approximate surface area is 365 Å². The molecule has 1 atom stereocenters. The Bertz CT molecular complexity index is 3750. The fraction of sp³-hybridized carbons (Fsp3) is 0.133. The molecular formula is C60H44N2O. The lowest BCUT2D eigenvalue weighted by atomic mass is 9.66. The molecule has 1 saturated carbocycles. The van der Waals surface area contributed by atoms with Crippen LogP contribution >= 0.6 is 0 Å². The molecule has 3 aliphatic carbocycles. The van der Waals surface area contributed by atoms with Gasteiger partial charge in [0.05, 0.1) is 22.1 Å². The molecule has 1 unspecified atom stereocenters. The van der Waals surface area contributed by atoms with Crippen LogP contribution in [0.5, 0.6) is 0 Å². The minimum absolute atomic E-state index is 0.0883. The van der Waals surface area contributed by atoms with Crippen LogP contribution in [-0.2, 0) is 5.41 Å². The van der Waals surface area contributed by atoms with Gasteiger partial charge in [0.25, 0.3) is 0 Å². The smallest absolute Gasteiger partial charge is 0.137 e. The van der Waals surface area contributed by atoms with Crippen molar-refractivity contribution < 1.29 is 4.42 Å². The van der Waals surface area contributed by atoms with E-state index < -0.39 is 0 Å². The van der Waals surface area contributed by atoms with Crippen molar-refractivity contribution in [2.24, 2.45) is 0 Å². The van der Waals surface area contributed by atoms with Gasteiger partial charge in [-0.2, -0.15) is 0 Å². The molecule has 3 nitrogen and oxygen atoms in total. The van der Waals surface area contributed by atoms with Gasteiger partial charge >= 0.3 is 0 Å². The maximum Gasteiger partial charge on any atom is 0.137 e. The molecule has 0 saturated heterocycles. The summed E-state index contributed by atoms with van der Waals surface area (Å²) < 4.78 is 11.4. The average molecular weight is 809 g/mol. The highest BCUT2D eigenvalue weighted by molar-refractivity contribution is 6.12. The average Bonchev–Trinajstić information content (AvgIpc) is 4.06. The number of hydrogen-bond donors (Lipinski definition) is 0. The normalized spacial score (nSPS) is 17.0. The first-order valence-electron chi connectivity index (χ1n) is 22.8. The van der Waals surface area contributed by atoms with Crippen LogP contribution in [0.4, 0.5) is 0 Å². The standard InChI is InChI=1S/C60H44N2O/c1-3-14-38(15-4-1)39-16-13-17-42(32-39)61-54-21-8-5-18-44(54)46-27-24-41(34-56(46)61)40-25-29-52-49(33-40)50-37-57-51(36-53(50)60(52)30-11-2-12-31-60)45-19-6-9-22-55(45)62(57)43-26-28-48-47-20-7-10-23-58(47)63-59(48)35-43/h1,3-10,13-29,32,34-37,49H,2,11-12,30-31,33H2. The van der Waals surface area contributed by atoms with Crippen LogP contribution < -0.4 is 0 Å². The fourth-order valence-corrected chi connectivity index (χ4v) is 12.3. The Morgan fingerprint density at radius 3 is 1.90 bits per heavy atom. The van der Waals surface area contributed by atoms with Crippen molar-refractivity contribution in [1.29, 1.82) is 0 Å². The molecule has 11 aromatic rings. The molecule has 8 aromatic carbocycles. The van der Waals surface area contributed by atoms with Gasteiger partial charge in [0.1, 0.15) is 11.2 Å². The van der Waals surface area contributed by atoms with E-state index in [2.05, 4.69) is 197 Å². The summed E-state index contributed by atoms with van der Waals surface area (Å²) >= 11 is 0. The number of nitrogens with zero attached hydrogens (tertiary/aromatic N) is 2. The van der Waals surface area contributed by atoms with E-state index in [9.17, 15) is 0 Å². The summed E-state index contributed by atoms with van der Waals surface area (Å²) in [5.41, 5.74) is 19.2. The lowest BCUT2D eigenvalue weighted by Gasteiger charge is -2.38. The maximum absolute atomic E-state index is 6.46. The van der Waals surface area contributed by atoms with Crippen LogP contribution in [0.15, 0.2) is 198 Å². The Hall–Kier alpha value is -7.36. The summed E-state index contributed by atoms with van der Waals surface area (Å²) in [6, 6.07) is 65.2. The summed E-state index contributed by atoms with van der Waals surface area (Å²) in [5, 5.41) is 7.55. The van der Waals surface area contributed by atoms with Gasteiger partial charge in [-0.15, -0.1) is 0 Å². The Morgan fingerprint density at radius 2 is 1.08 bits per heavy atom. The lowest BCUT2D eigenvalue weighted by Crippen LogP contribution is -2.29. The van der Waals surface area contributed by atoms with Crippen molar-refractivity contribution in [3.8, 4) is 22.5 Å². The first kappa shape index (κ1) is 35.3. The summed E-state index contributed by atoms with van der Waals surface area (Å²) in [6.07, 6.45) is 12.4. The van der Waals surface area contributed by atoms with E-state index in [1.807, 2.05) is 0 Å². The van der Waals surface area contributed by atoms with Crippen molar-refractivity contribution in [3.05, 3.63) is 210 Å². The third kappa shape index (κ3) is 5.08. The third-order valence-electron chi connectivity index (χ3n) is 15.1. The molecule has 3 heteroatoms. The Balaban J connectivity index is 0.929. The second-order valence-electron chi connectivity index (χ2n) is 18.3. The zero-order valence-corrected chi connectivity index (χ0v) is 35.0. The van der Waals surface area contributed by atoms with Gasteiger partial charge in [-0.25, -0.2) is 0 Å². The van der Waals surface area contributed by atoms with Crippen LogP contribution in [0.3, 0.4) is 0 Å². The first-order chi connectivity index (χ1) is 31.2. The summed E-state index contributed by atoms with van der Waals surface area (Å²) in [4.78, 5) is 0. The van der Waals surface area contributed by atoms with E-state index in [4.69, 9.17) is 4.42 Å². The van der Waals surface area contributed by atoms with Crippen molar-refractivity contribution in [2.75, 3.05) is 0 Å². The molecule has 1 spiro atoms. The van der Waals surface area contributed by atoms with Gasteiger partial charge < -0.3 is 13.6 Å². The van der Waals surface area contributed by atoms with Crippen molar-refractivity contribution in [3.63, 3.8) is 0 Å². The van der Waals surface area contributed by atoms with E-state index >= 15 is 0 Å². The molecule has 3 aromatic heterocycles. The van der Waals surface area contributed by atoms with Crippen LogP contribution in [0.25, 0.3) is 93.6 Å². The Morgan fingerprint density at radius 1 is 0.429 bits per heavy atom. The predicted molar refractivity (Wildman–Crippen MR) is 262 cm³/mol. The minimum Gasteiger partial charge on any atom is -0.456 e. The van der Waals surface area contributed by atoms with E-state index in [1.54, 1.807) is 11.1 Å². The van der Waals surface area contributed by atoms with Gasteiger partial charge in [-0.1, -0.05) is 146 Å². The van der Waals surface area contributed by atoms with Crippen molar-refractivity contribution >= 4 is 71.1 Å². The van der Waals surface area contributed by atoms with Gasteiger partial charge in [-0.3, -0.25) is 0 Å². The quantitative estimate of drug-likeness (QED) is 0.174. The van der Waals surface area contributed by atoms with Gasteiger partial charge in [0, 0.05) is 61.1 Å². The fourth-order valence-electron chi connectivity index (χ4n) is 12.3. The molecular weight excluding hydrogens is 765 g/mol. The summed E-state index contributed by atoms with van der Waals surface area (Å²) in [5.74, 6) is 0.330. The third-order valence-corrected chi connectivity index (χ3v) is 15.1. The van der Waals surface area contributed by atoms with Gasteiger partial charge in [0.15, 0.2) is 0 Å². The summed E-state index contributed by atoms with van der Waals surface area (Å²) in [6.45, 7) is 0. The van der Waals surface area contributed by atoms with E-state index in [-0.39, 0.29) is 5.41 Å². The zero-order valence-electron chi connectivity index (χ0n) is 35.0. The highest BCUT2D eigenvalue weighted by Gasteiger charge is 2.49. The molecule has 300 valence electrons. The molecule has 1 fully saturated rings. The number of rotatable bonds is 4. The van der Waals surface area contributed by atoms with Crippen LogP contribution in [0.2, 0.25) is 0 Å². The summed E-state index contributed by atoms with van der Waals surface area (Å²) in [7, 11) is 0. The number of para-hydroxylation sites is 3. The molecule has 3 aliphatic rings. The van der Waals surface area contributed by atoms with Crippen LogP contribution in [-0.4, -0.2) is 9.13 Å². The van der Waals surface area contributed by atoms with E-state index in [0.717, 1.165) is 34.0 Å². The highest BCUT2D eigenvalue weighted by atomic mass is 16.3. The second kappa shape index (κ2) is 13.3. The first-order valence-corrected chi connectivity index (χ1v) is 22.8. The molecule has 63 heavy (non-hydrogen) atoms. The number of benzene rings is 8. The van der Waals surface area contributed by atoms with Crippen LogP contribution in [0, 0.1) is 0 Å². The number of furan rings is 1. The van der Waals surface area contributed by atoms with Gasteiger partial charge in [0.2, 0.25) is 0 Å². The topological polar surface area (TPSA) is 23.0 Å². The number of fused-ring (bicyclic) bond motifs is 14. The van der Waals surface area contributed by atoms with Crippen molar-refractivity contribution in [1.82, 2.24) is 9.13 Å². The molecule has 0 radical (unpaired) electrons.